The van der Waals surface area contributed by atoms with Crippen molar-refractivity contribution in [1.82, 2.24) is 9.97 Å². The summed E-state index contributed by atoms with van der Waals surface area (Å²) in [6, 6.07) is 22.7. The number of nitrogens with one attached hydrogen (secondary N) is 1. The highest BCUT2D eigenvalue weighted by Crippen LogP contribution is 2.31. The minimum atomic E-state index is -0.742. The molecule has 32 heavy (non-hydrogen) atoms. The molecular weight excluding hydrogens is 400 g/mol. The molecule has 4 rings (SSSR count). The first-order valence-corrected chi connectivity index (χ1v) is 10.7. The second-order valence-electron chi connectivity index (χ2n) is 8.24. The van der Waals surface area contributed by atoms with Crippen molar-refractivity contribution in [2.45, 2.75) is 25.9 Å². The van der Waals surface area contributed by atoms with Gasteiger partial charge in [-0.2, -0.15) is 4.98 Å². The quantitative estimate of drug-likeness (QED) is 0.367. The van der Waals surface area contributed by atoms with Gasteiger partial charge in [0.1, 0.15) is 11.6 Å². The van der Waals surface area contributed by atoms with Crippen LogP contribution in [0, 0.1) is 0 Å². The van der Waals surface area contributed by atoms with E-state index in [1.54, 1.807) is 24.3 Å². The number of hydrogen-bond donors (Lipinski definition) is 3. The summed E-state index contributed by atoms with van der Waals surface area (Å²) in [7, 11) is 1.86. The second kappa shape index (κ2) is 9.24. The van der Waals surface area contributed by atoms with Gasteiger partial charge in [0, 0.05) is 18.1 Å². The van der Waals surface area contributed by atoms with Gasteiger partial charge in [-0.05, 0) is 47.4 Å². The van der Waals surface area contributed by atoms with Crippen molar-refractivity contribution in [3.63, 3.8) is 0 Å². The van der Waals surface area contributed by atoms with Gasteiger partial charge in [-0.1, -0.05) is 56.3 Å². The van der Waals surface area contributed by atoms with Gasteiger partial charge in [-0.15, -0.1) is 0 Å². The maximum Gasteiger partial charge on any atom is 0.227 e. The van der Waals surface area contributed by atoms with E-state index in [0.717, 1.165) is 28.0 Å². The Morgan fingerprint density at radius 1 is 0.906 bits per heavy atom. The zero-order valence-electron chi connectivity index (χ0n) is 18.5. The van der Waals surface area contributed by atoms with E-state index in [0.29, 0.717) is 18.4 Å². The zero-order valence-corrected chi connectivity index (χ0v) is 18.5. The SMILES string of the molecule is CC(C)c1ccccc1Nc1nc(N(C)CC(O)c2ccc(O)cc2)nc2ccccc12. The van der Waals surface area contributed by atoms with Crippen molar-refractivity contribution in [2.75, 3.05) is 23.8 Å². The van der Waals surface area contributed by atoms with Crippen LogP contribution in [0.25, 0.3) is 10.9 Å². The average Bonchev–Trinajstić information content (AvgIpc) is 2.79. The van der Waals surface area contributed by atoms with Crippen LogP contribution < -0.4 is 10.2 Å². The third-order valence-electron chi connectivity index (χ3n) is 5.49. The van der Waals surface area contributed by atoms with Crippen LogP contribution in [0.3, 0.4) is 0 Å². The lowest BCUT2D eigenvalue weighted by molar-refractivity contribution is 0.184. The van der Waals surface area contributed by atoms with E-state index in [1.807, 2.05) is 48.3 Å². The van der Waals surface area contributed by atoms with E-state index in [1.165, 1.54) is 5.56 Å². The third kappa shape index (κ3) is 4.65. The number of nitrogens with zero attached hydrogens (tertiary/aromatic N) is 3. The summed E-state index contributed by atoms with van der Waals surface area (Å²) in [6.45, 7) is 4.65. The third-order valence-corrected chi connectivity index (χ3v) is 5.49. The van der Waals surface area contributed by atoms with Crippen molar-refractivity contribution in [3.05, 3.63) is 83.9 Å². The lowest BCUT2D eigenvalue weighted by atomic mass is 10.0. The molecule has 0 aliphatic carbocycles. The van der Waals surface area contributed by atoms with Crippen LogP contribution in [0.4, 0.5) is 17.5 Å². The summed E-state index contributed by atoms with van der Waals surface area (Å²) >= 11 is 0. The largest absolute Gasteiger partial charge is 0.508 e. The summed E-state index contributed by atoms with van der Waals surface area (Å²) in [6.07, 6.45) is -0.742. The number of aromatic nitrogens is 2. The van der Waals surface area contributed by atoms with Crippen LogP contribution in [0.5, 0.6) is 5.75 Å². The molecule has 0 aliphatic rings. The first-order chi connectivity index (χ1) is 15.4. The van der Waals surface area contributed by atoms with E-state index < -0.39 is 6.10 Å². The molecule has 0 spiro atoms. The van der Waals surface area contributed by atoms with Gasteiger partial charge in [-0.3, -0.25) is 0 Å². The predicted octanol–water partition coefficient (Wildman–Crippen LogP) is 5.37. The maximum atomic E-state index is 10.7. The lowest BCUT2D eigenvalue weighted by Gasteiger charge is -2.23. The molecule has 0 amide bonds. The number of aliphatic hydroxyl groups excluding tert-OH is 1. The normalized spacial score (nSPS) is 12.2. The lowest BCUT2D eigenvalue weighted by Crippen LogP contribution is -2.26. The Hall–Kier alpha value is -3.64. The molecule has 1 aromatic heterocycles. The average molecular weight is 429 g/mol. The number of rotatable bonds is 7. The number of anilines is 3. The van der Waals surface area contributed by atoms with Crippen LogP contribution in [0.1, 0.15) is 37.0 Å². The van der Waals surface area contributed by atoms with Gasteiger partial charge < -0.3 is 20.4 Å². The van der Waals surface area contributed by atoms with Crippen molar-refractivity contribution in [2.24, 2.45) is 0 Å². The number of phenols is 1. The van der Waals surface area contributed by atoms with Crippen LogP contribution in [0.2, 0.25) is 0 Å². The van der Waals surface area contributed by atoms with Crippen molar-refractivity contribution in [1.29, 1.82) is 0 Å². The van der Waals surface area contributed by atoms with Crippen LogP contribution in [-0.4, -0.2) is 33.8 Å². The summed E-state index contributed by atoms with van der Waals surface area (Å²) in [5.74, 6) is 1.79. The fourth-order valence-electron chi connectivity index (χ4n) is 3.72. The molecule has 1 atom stereocenters. The number of aliphatic hydroxyl groups is 1. The molecule has 0 saturated heterocycles. The molecule has 164 valence electrons. The highest BCUT2D eigenvalue weighted by atomic mass is 16.3. The van der Waals surface area contributed by atoms with Gasteiger partial charge in [0.05, 0.1) is 18.2 Å². The summed E-state index contributed by atoms with van der Waals surface area (Å²) < 4.78 is 0. The van der Waals surface area contributed by atoms with Gasteiger partial charge in [0.25, 0.3) is 0 Å². The number of phenolic OH excluding ortho intramolecular Hbond substituents is 1. The Labute approximate surface area is 188 Å². The molecule has 0 radical (unpaired) electrons. The Morgan fingerprint density at radius 3 is 2.34 bits per heavy atom. The van der Waals surface area contributed by atoms with Gasteiger partial charge in [0.2, 0.25) is 5.95 Å². The number of para-hydroxylation sites is 2. The van der Waals surface area contributed by atoms with Crippen molar-refractivity contribution in [3.8, 4) is 5.75 Å². The molecule has 1 unspecified atom stereocenters. The molecule has 1 heterocycles. The summed E-state index contributed by atoms with van der Waals surface area (Å²) in [4.78, 5) is 11.4. The smallest absolute Gasteiger partial charge is 0.227 e. The highest BCUT2D eigenvalue weighted by molar-refractivity contribution is 5.92. The standard InChI is InChI=1S/C26H28N4O2/c1-17(2)20-8-4-6-10-22(20)27-25-21-9-5-7-11-23(21)28-26(29-25)30(3)16-24(32)18-12-14-19(31)15-13-18/h4-15,17,24,31-32H,16H2,1-3H3,(H,27,28,29). The number of fused-ring (bicyclic) bond motifs is 1. The predicted molar refractivity (Wildman–Crippen MR) is 130 cm³/mol. The number of hydrogen-bond acceptors (Lipinski definition) is 6. The first kappa shape index (κ1) is 21.6. The fourth-order valence-corrected chi connectivity index (χ4v) is 3.72. The van der Waals surface area contributed by atoms with Crippen LogP contribution >= 0.6 is 0 Å². The van der Waals surface area contributed by atoms with E-state index in [-0.39, 0.29) is 5.75 Å². The number of aromatic hydroxyl groups is 1. The maximum absolute atomic E-state index is 10.7. The molecule has 0 saturated carbocycles. The zero-order chi connectivity index (χ0) is 22.7. The van der Waals surface area contributed by atoms with Gasteiger partial charge in [-0.25, -0.2) is 4.98 Å². The molecule has 4 aromatic rings. The molecule has 3 N–H and O–H groups in total. The minimum absolute atomic E-state index is 0.171. The summed E-state index contributed by atoms with van der Waals surface area (Å²) in [5.41, 5.74) is 3.78. The number of likely N-dealkylation sites (N-methyl/N-ethyl adjacent to an activating group) is 1. The van der Waals surface area contributed by atoms with E-state index in [9.17, 15) is 10.2 Å². The Bertz CT molecular complexity index is 1210. The van der Waals surface area contributed by atoms with E-state index in [2.05, 4.69) is 31.3 Å². The van der Waals surface area contributed by atoms with Crippen molar-refractivity contribution < 1.29 is 10.2 Å². The molecule has 0 fully saturated rings. The van der Waals surface area contributed by atoms with Crippen molar-refractivity contribution >= 4 is 28.4 Å². The molecule has 0 aliphatic heterocycles. The Morgan fingerprint density at radius 2 is 1.59 bits per heavy atom. The van der Waals surface area contributed by atoms with Crippen LogP contribution in [0.15, 0.2) is 72.8 Å². The Kier molecular flexibility index (Phi) is 6.23. The molecule has 6 heteroatoms. The molecule has 0 bridgehead atoms. The first-order valence-electron chi connectivity index (χ1n) is 10.7. The Balaban J connectivity index is 1.67. The van der Waals surface area contributed by atoms with E-state index in [4.69, 9.17) is 9.97 Å². The molecule has 3 aromatic carbocycles. The van der Waals surface area contributed by atoms with Crippen LogP contribution in [-0.2, 0) is 0 Å². The molecular formula is C26H28N4O2. The topological polar surface area (TPSA) is 81.5 Å². The monoisotopic (exact) mass is 428 g/mol. The van der Waals surface area contributed by atoms with Gasteiger partial charge in [0.15, 0.2) is 0 Å². The number of benzene rings is 3. The minimum Gasteiger partial charge on any atom is -0.508 e. The van der Waals surface area contributed by atoms with Gasteiger partial charge >= 0.3 is 0 Å². The second-order valence-corrected chi connectivity index (χ2v) is 8.24. The van der Waals surface area contributed by atoms with E-state index >= 15 is 0 Å². The fraction of sp³-hybridized carbons (Fsp3) is 0.231. The molecule has 6 nitrogen and oxygen atoms in total. The highest BCUT2D eigenvalue weighted by Gasteiger charge is 2.16. The summed E-state index contributed by atoms with van der Waals surface area (Å²) in [5, 5.41) is 24.6.